The summed E-state index contributed by atoms with van der Waals surface area (Å²) in [6.07, 6.45) is 0.413. The monoisotopic (exact) mass is 295 g/mol. The Balaban J connectivity index is 3.09. The molecular formula is C16H25NO4. The van der Waals surface area contributed by atoms with Crippen LogP contribution < -0.4 is 5.32 Å². The number of hydrogen-bond donors (Lipinski definition) is 4. The average molecular weight is 295 g/mol. The first kappa shape index (κ1) is 17.5. The lowest BCUT2D eigenvalue weighted by molar-refractivity contribution is 0.0653. The van der Waals surface area contributed by atoms with Gasteiger partial charge in [-0.1, -0.05) is 27.7 Å². The predicted molar refractivity (Wildman–Crippen MR) is 81.5 cm³/mol. The predicted octanol–water partition coefficient (Wildman–Crippen LogP) is 1.55. The molecule has 0 atom stereocenters. The van der Waals surface area contributed by atoms with E-state index in [4.69, 9.17) is 0 Å². The van der Waals surface area contributed by atoms with Crippen LogP contribution in [0.1, 0.15) is 50.0 Å². The normalized spacial score (nSPS) is 12.3. The van der Waals surface area contributed by atoms with Crippen LogP contribution in [0.4, 0.5) is 0 Å². The van der Waals surface area contributed by atoms with Gasteiger partial charge in [0.25, 0.3) is 5.91 Å². The maximum Gasteiger partial charge on any atom is 0.251 e. The van der Waals surface area contributed by atoms with Crippen molar-refractivity contribution in [1.29, 1.82) is 0 Å². The summed E-state index contributed by atoms with van der Waals surface area (Å²) in [7, 11) is 0. The number of carbonyl (C=O) groups is 1. The Morgan fingerprint density at radius 2 is 1.76 bits per heavy atom. The fourth-order valence-electron chi connectivity index (χ4n) is 2.03. The molecule has 0 aliphatic rings. The first-order valence-corrected chi connectivity index (χ1v) is 7.07. The molecule has 4 N–H and O–H groups in total. The minimum absolute atomic E-state index is 0.144. The summed E-state index contributed by atoms with van der Waals surface area (Å²) in [5.74, 6) is -0.240. The molecule has 21 heavy (non-hydrogen) atoms. The van der Waals surface area contributed by atoms with Gasteiger partial charge < -0.3 is 20.6 Å². The Morgan fingerprint density at radius 3 is 2.19 bits per heavy atom. The van der Waals surface area contributed by atoms with Gasteiger partial charge in [-0.25, -0.2) is 0 Å². The molecule has 1 aromatic rings. The first-order valence-electron chi connectivity index (χ1n) is 7.07. The van der Waals surface area contributed by atoms with E-state index in [2.05, 4.69) is 5.32 Å². The molecule has 1 amide bonds. The summed E-state index contributed by atoms with van der Waals surface area (Å²) in [5, 5.41) is 31.4. The standard InChI is InChI=1S/C16H25NO4/c1-5-16(9-18,10-19)17-14(21)11-6-7-13(20)12(8-11)15(2,3)4/h6-8,18-20H,5,9-10H2,1-4H3,(H,17,21). The van der Waals surface area contributed by atoms with E-state index in [9.17, 15) is 20.1 Å². The molecule has 0 spiro atoms. The second-order valence-corrected chi connectivity index (χ2v) is 6.39. The number of amides is 1. The van der Waals surface area contributed by atoms with Crippen molar-refractivity contribution in [1.82, 2.24) is 5.32 Å². The SMILES string of the molecule is CCC(CO)(CO)NC(=O)c1ccc(O)c(C(C)(C)C)c1. The van der Waals surface area contributed by atoms with Gasteiger partial charge in [-0.3, -0.25) is 4.79 Å². The molecule has 5 nitrogen and oxygen atoms in total. The highest BCUT2D eigenvalue weighted by atomic mass is 16.3. The highest BCUT2D eigenvalue weighted by molar-refractivity contribution is 5.95. The van der Waals surface area contributed by atoms with Crippen LogP contribution in [0.25, 0.3) is 0 Å². The number of carbonyl (C=O) groups excluding carboxylic acids is 1. The van der Waals surface area contributed by atoms with Gasteiger partial charge >= 0.3 is 0 Å². The number of hydrogen-bond acceptors (Lipinski definition) is 4. The van der Waals surface area contributed by atoms with E-state index in [1.807, 2.05) is 20.8 Å². The third-order valence-corrected chi connectivity index (χ3v) is 3.73. The Morgan fingerprint density at radius 1 is 1.19 bits per heavy atom. The zero-order valence-corrected chi connectivity index (χ0v) is 13.1. The highest BCUT2D eigenvalue weighted by Crippen LogP contribution is 2.31. The van der Waals surface area contributed by atoms with Crippen molar-refractivity contribution >= 4 is 5.91 Å². The molecule has 0 fully saturated rings. The van der Waals surface area contributed by atoms with Crippen molar-refractivity contribution in [2.24, 2.45) is 0 Å². The summed E-state index contributed by atoms with van der Waals surface area (Å²) in [6.45, 7) is 6.95. The molecule has 0 saturated heterocycles. The summed E-state index contributed by atoms with van der Waals surface area (Å²) in [4.78, 5) is 12.3. The Labute approximate surface area is 125 Å². The van der Waals surface area contributed by atoms with Gasteiger partial charge in [0.1, 0.15) is 5.75 Å². The minimum atomic E-state index is -1.03. The van der Waals surface area contributed by atoms with Gasteiger partial charge in [-0.15, -0.1) is 0 Å². The Hall–Kier alpha value is -1.59. The van der Waals surface area contributed by atoms with Crippen LogP contribution in [0.5, 0.6) is 5.75 Å². The Kier molecular flexibility index (Phi) is 5.36. The minimum Gasteiger partial charge on any atom is -0.508 e. The molecule has 5 heteroatoms. The van der Waals surface area contributed by atoms with E-state index < -0.39 is 5.54 Å². The maximum absolute atomic E-state index is 12.3. The third-order valence-electron chi connectivity index (χ3n) is 3.73. The van der Waals surface area contributed by atoms with Crippen LogP contribution >= 0.6 is 0 Å². The number of nitrogens with one attached hydrogen (secondary N) is 1. The molecule has 0 heterocycles. The second kappa shape index (κ2) is 6.45. The first-order chi connectivity index (χ1) is 9.69. The van der Waals surface area contributed by atoms with Gasteiger partial charge in [0.2, 0.25) is 0 Å². The van der Waals surface area contributed by atoms with E-state index in [0.29, 0.717) is 17.5 Å². The molecule has 0 aliphatic heterocycles. The molecule has 0 saturated carbocycles. The van der Waals surface area contributed by atoms with E-state index in [1.54, 1.807) is 13.0 Å². The zero-order valence-electron chi connectivity index (χ0n) is 13.1. The lowest BCUT2D eigenvalue weighted by atomic mass is 9.85. The van der Waals surface area contributed by atoms with E-state index in [-0.39, 0.29) is 30.3 Å². The lowest BCUT2D eigenvalue weighted by Crippen LogP contribution is -2.53. The number of phenolic OH excluding ortho intramolecular Hbond substituents is 1. The van der Waals surface area contributed by atoms with E-state index in [1.165, 1.54) is 12.1 Å². The summed E-state index contributed by atoms with van der Waals surface area (Å²) in [6, 6.07) is 4.65. The zero-order chi connectivity index (χ0) is 16.3. The largest absolute Gasteiger partial charge is 0.508 e. The Bertz CT molecular complexity index is 493. The number of aliphatic hydroxyl groups excluding tert-OH is 2. The number of benzene rings is 1. The molecule has 0 radical (unpaired) electrons. The summed E-state index contributed by atoms with van der Waals surface area (Å²) < 4.78 is 0. The topological polar surface area (TPSA) is 89.8 Å². The van der Waals surface area contributed by atoms with Gasteiger partial charge in [0.15, 0.2) is 0 Å². The number of aliphatic hydroxyl groups is 2. The molecule has 0 unspecified atom stereocenters. The smallest absolute Gasteiger partial charge is 0.251 e. The van der Waals surface area contributed by atoms with Crippen molar-refractivity contribution in [3.63, 3.8) is 0 Å². The molecular weight excluding hydrogens is 270 g/mol. The van der Waals surface area contributed by atoms with E-state index >= 15 is 0 Å². The van der Waals surface area contributed by atoms with Crippen LogP contribution in [0.2, 0.25) is 0 Å². The average Bonchev–Trinajstić information content (AvgIpc) is 2.44. The van der Waals surface area contributed by atoms with Gasteiger partial charge in [0.05, 0.1) is 18.8 Å². The summed E-state index contributed by atoms with van der Waals surface area (Å²) in [5.41, 5.74) is -0.268. The van der Waals surface area contributed by atoms with Crippen LogP contribution in [0, 0.1) is 0 Å². The van der Waals surface area contributed by atoms with Crippen molar-refractivity contribution in [3.05, 3.63) is 29.3 Å². The van der Waals surface area contributed by atoms with Gasteiger partial charge in [-0.05, 0) is 30.0 Å². The fourth-order valence-corrected chi connectivity index (χ4v) is 2.03. The van der Waals surface area contributed by atoms with Crippen molar-refractivity contribution in [3.8, 4) is 5.75 Å². The van der Waals surface area contributed by atoms with Crippen LogP contribution in [0.3, 0.4) is 0 Å². The number of aromatic hydroxyl groups is 1. The van der Waals surface area contributed by atoms with Crippen molar-refractivity contribution in [2.45, 2.75) is 45.1 Å². The maximum atomic E-state index is 12.3. The van der Waals surface area contributed by atoms with Gasteiger partial charge in [0, 0.05) is 11.1 Å². The quantitative estimate of drug-likeness (QED) is 0.663. The molecule has 118 valence electrons. The molecule has 0 aromatic heterocycles. The third kappa shape index (κ3) is 3.95. The van der Waals surface area contributed by atoms with Gasteiger partial charge in [-0.2, -0.15) is 0 Å². The lowest BCUT2D eigenvalue weighted by Gasteiger charge is -2.30. The number of rotatable bonds is 5. The molecule has 1 rings (SSSR count). The fraction of sp³-hybridized carbons (Fsp3) is 0.562. The summed E-state index contributed by atoms with van der Waals surface area (Å²) >= 11 is 0. The van der Waals surface area contributed by atoms with Crippen molar-refractivity contribution < 1.29 is 20.1 Å². The second-order valence-electron chi connectivity index (χ2n) is 6.39. The number of phenols is 1. The van der Waals surface area contributed by atoms with Crippen LogP contribution in [0.15, 0.2) is 18.2 Å². The van der Waals surface area contributed by atoms with Crippen LogP contribution in [-0.2, 0) is 5.41 Å². The van der Waals surface area contributed by atoms with Crippen molar-refractivity contribution in [2.75, 3.05) is 13.2 Å². The van der Waals surface area contributed by atoms with Crippen LogP contribution in [-0.4, -0.2) is 40.0 Å². The molecule has 1 aromatic carbocycles. The van der Waals surface area contributed by atoms with E-state index in [0.717, 1.165) is 0 Å². The highest BCUT2D eigenvalue weighted by Gasteiger charge is 2.29. The molecule has 0 bridgehead atoms. The molecule has 0 aliphatic carbocycles.